The second kappa shape index (κ2) is 8.58. The topological polar surface area (TPSA) is 75.4 Å². The van der Waals surface area contributed by atoms with Gasteiger partial charge >= 0.3 is 5.97 Å². The number of para-hydroxylation sites is 2. The third-order valence-corrected chi connectivity index (χ3v) is 2.24. The van der Waals surface area contributed by atoms with Gasteiger partial charge in [-0.15, -0.1) is 0 Å². The molecule has 0 aliphatic heterocycles. The highest BCUT2D eigenvalue weighted by Crippen LogP contribution is 2.04. The van der Waals surface area contributed by atoms with Gasteiger partial charge in [0.1, 0.15) is 0 Å². The molecule has 19 heavy (non-hydrogen) atoms. The number of rotatable bonds is 4. The van der Waals surface area contributed by atoms with Gasteiger partial charge in [0, 0.05) is 17.9 Å². The first-order valence-electron chi connectivity index (χ1n) is 5.99. The number of hydrogen-bond acceptors (Lipinski definition) is 3. The first-order chi connectivity index (χ1) is 9.18. The Labute approximate surface area is 112 Å². The summed E-state index contributed by atoms with van der Waals surface area (Å²) in [4.78, 5) is 10.1. The number of aliphatic carboxylic acids is 1. The molecule has 0 spiro atoms. The molecule has 0 amide bonds. The average molecular weight is 258 g/mol. The van der Waals surface area contributed by atoms with Crippen molar-refractivity contribution in [2.45, 2.75) is 6.42 Å². The zero-order valence-corrected chi connectivity index (χ0v) is 10.6. The van der Waals surface area contributed by atoms with Crippen molar-refractivity contribution in [3.05, 3.63) is 60.7 Å². The van der Waals surface area contributed by atoms with Crippen LogP contribution in [-0.4, -0.2) is 17.6 Å². The predicted octanol–water partition coefficient (Wildman–Crippen LogP) is 2.84. The van der Waals surface area contributed by atoms with Crippen LogP contribution in [0, 0.1) is 0 Å². The maximum absolute atomic E-state index is 10.1. The molecular formula is C15H18N2O2. The fraction of sp³-hybridized carbons (Fsp3) is 0.133. The molecule has 0 saturated heterocycles. The largest absolute Gasteiger partial charge is 0.481 e. The van der Waals surface area contributed by atoms with E-state index < -0.39 is 5.97 Å². The van der Waals surface area contributed by atoms with E-state index in [-0.39, 0.29) is 6.42 Å². The second-order valence-electron chi connectivity index (χ2n) is 3.85. The van der Waals surface area contributed by atoms with Crippen molar-refractivity contribution < 1.29 is 9.90 Å². The highest BCUT2D eigenvalue weighted by Gasteiger charge is 1.94. The lowest BCUT2D eigenvalue weighted by Crippen LogP contribution is -2.07. The van der Waals surface area contributed by atoms with Crippen molar-refractivity contribution in [3.63, 3.8) is 0 Å². The molecule has 4 heteroatoms. The summed E-state index contributed by atoms with van der Waals surface area (Å²) in [6.07, 6.45) is 0.148. The number of benzene rings is 2. The molecule has 0 radical (unpaired) electrons. The number of carboxylic acid groups (broad SMARTS) is 1. The Balaban J connectivity index is 0.000000218. The standard InChI is InChI=1S/C9H11NO2.C6H7N/c11-9(12)6-7-10-8-4-2-1-3-5-8;7-6-4-2-1-3-5-6/h1-5,10H,6-7H2,(H,11,12);1-5H,7H2. The lowest BCUT2D eigenvalue weighted by molar-refractivity contribution is -0.136. The van der Waals surface area contributed by atoms with Crippen LogP contribution < -0.4 is 11.1 Å². The molecule has 2 aromatic rings. The molecule has 0 unspecified atom stereocenters. The summed E-state index contributed by atoms with van der Waals surface area (Å²) in [6.45, 7) is 0.472. The van der Waals surface area contributed by atoms with E-state index in [1.165, 1.54) is 0 Å². The average Bonchev–Trinajstić information content (AvgIpc) is 2.41. The van der Waals surface area contributed by atoms with E-state index in [0.29, 0.717) is 6.54 Å². The fourth-order valence-electron chi connectivity index (χ4n) is 1.32. The Bertz CT molecular complexity index is 472. The predicted molar refractivity (Wildman–Crippen MR) is 78.0 cm³/mol. The van der Waals surface area contributed by atoms with Gasteiger partial charge in [0.25, 0.3) is 0 Å². The molecule has 0 fully saturated rings. The Morgan fingerprint density at radius 1 is 1.00 bits per heavy atom. The van der Waals surface area contributed by atoms with E-state index in [4.69, 9.17) is 10.8 Å². The Kier molecular flexibility index (Phi) is 6.58. The van der Waals surface area contributed by atoms with Crippen LogP contribution in [0.1, 0.15) is 6.42 Å². The molecule has 0 atom stereocenters. The van der Waals surface area contributed by atoms with E-state index in [9.17, 15) is 4.79 Å². The molecule has 0 heterocycles. The molecule has 0 aliphatic carbocycles. The van der Waals surface area contributed by atoms with Crippen LogP contribution in [0.3, 0.4) is 0 Å². The normalized spacial score (nSPS) is 9.05. The zero-order chi connectivity index (χ0) is 13.9. The molecule has 0 aromatic heterocycles. The van der Waals surface area contributed by atoms with E-state index in [1.54, 1.807) is 0 Å². The van der Waals surface area contributed by atoms with E-state index in [0.717, 1.165) is 11.4 Å². The van der Waals surface area contributed by atoms with Crippen LogP contribution in [0.25, 0.3) is 0 Å². The summed E-state index contributed by atoms with van der Waals surface area (Å²) in [6, 6.07) is 19.0. The number of nitrogens with one attached hydrogen (secondary N) is 1. The third kappa shape index (κ3) is 7.44. The number of anilines is 2. The Hall–Kier alpha value is -2.49. The van der Waals surface area contributed by atoms with Gasteiger partial charge in [0.15, 0.2) is 0 Å². The molecule has 4 N–H and O–H groups in total. The van der Waals surface area contributed by atoms with Crippen molar-refractivity contribution in [2.75, 3.05) is 17.6 Å². The Morgan fingerprint density at radius 2 is 1.53 bits per heavy atom. The lowest BCUT2D eigenvalue weighted by Gasteiger charge is -2.02. The maximum Gasteiger partial charge on any atom is 0.305 e. The van der Waals surface area contributed by atoms with Crippen LogP contribution >= 0.6 is 0 Å². The van der Waals surface area contributed by atoms with Gasteiger partial charge in [-0.2, -0.15) is 0 Å². The summed E-state index contributed by atoms with van der Waals surface area (Å²) < 4.78 is 0. The number of nitrogens with two attached hydrogens (primary N) is 1. The van der Waals surface area contributed by atoms with Crippen molar-refractivity contribution in [1.29, 1.82) is 0 Å². The molecule has 2 aromatic carbocycles. The van der Waals surface area contributed by atoms with E-state index in [1.807, 2.05) is 60.7 Å². The SMILES string of the molecule is Nc1ccccc1.O=C(O)CCNc1ccccc1. The van der Waals surface area contributed by atoms with Gasteiger partial charge in [-0.1, -0.05) is 36.4 Å². The van der Waals surface area contributed by atoms with Crippen molar-refractivity contribution in [2.24, 2.45) is 0 Å². The fourth-order valence-corrected chi connectivity index (χ4v) is 1.32. The summed E-state index contributed by atoms with van der Waals surface area (Å²) in [7, 11) is 0. The first kappa shape index (κ1) is 14.6. The third-order valence-electron chi connectivity index (χ3n) is 2.24. The number of carboxylic acids is 1. The van der Waals surface area contributed by atoms with Gasteiger partial charge < -0.3 is 16.2 Å². The van der Waals surface area contributed by atoms with Crippen LogP contribution in [0.15, 0.2) is 60.7 Å². The smallest absolute Gasteiger partial charge is 0.305 e. The highest BCUT2D eigenvalue weighted by atomic mass is 16.4. The van der Waals surface area contributed by atoms with E-state index >= 15 is 0 Å². The van der Waals surface area contributed by atoms with Gasteiger partial charge in [-0.3, -0.25) is 4.79 Å². The monoisotopic (exact) mass is 258 g/mol. The second-order valence-corrected chi connectivity index (χ2v) is 3.85. The molecular weight excluding hydrogens is 240 g/mol. The summed E-state index contributed by atoms with van der Waals surface area (Å²) in [5, 5.41) is 11.3. The minimum Gasteiger partial charge on any atom is -0.481 e. The molecule has 0 aliphatic rings. The number of nitrogen functional groups attached to an aromatic ring is 1. The minimum absolute atomic E-state index is 0.148. The van der Waals surface area contributed by atoms with E-state index in [2.05, 4.69) is 5.32 Å². The minimum atomic E-state index is -0.779. The van der Waals surface area contributed by atoms with Crippen molar-refractivity contribution in [3.8, 4) is 0 Å². The van der Waals surface area contributed by atoms with Crippen LogP contribution in [-0.2, 0) is 4.79 Å². The first-order valence-corrected chi connectivity index (χ1v) is 5.99. The van der Waals surface area contributed by atoms with Crippen LogP contribution in [0.5, 0.6) is 0 Å². The highest BCUT2D eigenvalue weighted by molar-refractivity contribution is 5.67. The lowest BCUT2D eigenvalue weighted by atomic mass is 10.3. The maximum atomic E-state index is 10.1. The Morgan fingerprint density at radius 3 is 1.95 bits per heavy atom. The number of hydrogen-bond donors (Lipinski definition) is 3. The van der Waals surface area contributed by atoms with Gasteiger partial charge in [0.2, 0.25) is 0 Å². The zero-order valence-electron chi connectivity index (χ0n) is 10.6. The quantitative estimate of drug-likeness (QED) is 0.737. The van der Waals surface area contributed by atoms with Gasteiger partial charge in [0.05, 0.1) is 6.42 Å². The summed E-state index contributed by atoms with van der Waals surface area (Å²) >= 11 is 0. The number of carbonyl (C=O) groups is 1. The van der Waals surface area contributed by atoms with Gasteiger partial charge in [-0.25, -0.2) is 0 Å². The molecule has 4 nitrogen and oxygen atoms in total. The van der Waals surface area contributed by atoms with Crippen molar-refractivity contribution in [1.82, 2.24) is 0 Å². The molecule has 0 bridgehead atoms. The molecule has 100 valence electrons. The van der Waals surface area contributed by atoms with Gasteiger partial charge in [-0.05, 0) is 24.3 Å². The molecule has 2 rings (SSSR count). The summed E-state index contributed by atoms with van der Waals surface area (Å²) in [5.41, 5.74) is 7.14. The van der Waals surface area contributed by atoms with Crippen LogP contribution in [0.2, 0.25) is 0 Å². The molecule has 0 saturated carbocycles. The van der Waals surface area contributed by atoms with Crippen molar-refractivity contribution >= 4 is 17.3 Å². The summed E-state index contributed by atoms with van der Waals surface area (Å²) in [5.74, 6) is -0.779. The van der Waals surface area contributed by atoms with Crippen LogP contribution in [0.4, 0.5) is 11.4 Å².